The zero-order valence-electron chi connectivity index (χ0n) is 9.37. The molecular formula is C11H19NO4. The van der Waals surface area contributed by atoms with Crippen molar-refractivity contribution in [3.63, 3.8) is 0 Å². The molecule has 0 aromatic carbocycles. The van der Waals surface area contributed by atoms with Gasteiger partial charge in [-0.2, -0.15) is 0 Å². The molecule has 3 N–H and O–H groups in total. The molecule has 92 valence electrons. The first-order chi connectivity index (χ1) is 7.58. The molecule has 0 spiro atoms. The van der Waals surface area contributed by atoms with E-state index in [-0.39, 0.29) is 30.8 Å². The van der Waals surface area contributed by atoms with Gasteiger partial charge in [0.2, 0.25) is 5.91 Å². The third-order valence-corrected chi connectivity index (χ3v) is 3.05. The number of carboxylic acids is 1. The van der Waals surface area contributed by atoms with Gasteiger partial charge in [0.05, 0.1) is 0 Å². The van der Waals surface area contributed by atoms with Crippen molar-refractivity contribution < 1.29 is 19.8 Å². The van der Waals surface area contributed by atoms with Crippen molar-refractivity contribution in [1.82, 2.24) is 5.32 Å². The van der Waals surface area contributed by atoms with Crippen molar-refractivity contribution >= 4 is 11.9 Å². The molecule has 16 heavy (non-hydrogen) atoms. The predicted molar refractivity (Wildman–Crippen MR) is 57.9 cm³/mol. The Bertz CT molecular complexity index is 261. The summed E-state index contributed by atoms with van der Waals surface area (Å²) in [5.74, 6) is -0.961. The summed E-state index contributed by atoms with van der Waals surface area (Å²) in [5, 5.41) is 20.0. The zero-order valence-corrected chi connectivity index (χ0v) is 9.37. The van der Waals surface area contributed by atoms with Crippen molar-refractivity contribution in [1.29, 1.82) is 0 Å². The number of hydrogen-bond acceptors (Lipinski definition) is 3. The fraction of sp³-hybridized carbons (Fsp3) is 0.818. The van der Waals surface area contributed by atoms with E-state index in [4.69, 9.17) is 10.2 Å². The summed E-state index contributed by atoms with van der Waals surface area (Å²) in [4.78, 5) is 21.6. The summed E-state index contributed by atoms with van der Waals surface area (Å²) in [6, 6.07) is 0. The lowest BCUT2D eigenvalue weighted by molar-refractivity contribution is -0.137. The third-order valence-electron chi connectivity index (χ3n) is 3.05. The molecular weight excluding hydrogens is 210 g/mol. The van der Waals surface area contributed by atoms with Crippen molar-refractivity contribution in [2.45, 2.75) is 38.5 Å². The first kappa shape index (κ1) is 13.0. The van der Waals surface area contributed by atoms with Crippen LogP contribution >= 0.6 is 0 Å². The minimum absolute atomic E-state index is 0.0369. The Hall–Kier alpha value is -1.10. The maximum atomic E-state index is 11.3. The van der Waals surface area contributed by atoms with E-state index in [0.29, 0.717) is 13.0 Å². The normalized spacial score (nSPS) is 16.8. The molecule has 0 unspecified atom stereocenters. The van der Waals surface area contributed by atoms with Crippen LogP contribution in [0.2, 0.25) is 0 Å². The van der Waals surface area contributed by atoms with Crippen LogP contribution in [-0.2, 0) is 9.59 Å². The first-order valence-electron chi connectivity index (χ1n) is 5.67. The molecule has 0 radical (unpaired) electrons. The van der Waals surface area contributed by atoms with E-state index < -0.39 is 5.97 Å². The van der Waals surface area contributed by atoms with Gasteiger partial charge < -0.3 is 15.5 Å². The highest BCUT2D eigenvalue weighted by Gasteiger charge is 2.41. The fourth-order valence-corrected chi connectivity index (χ4v) is 1.70. The Kier molecular flexibility index (Phi) is 4.73. The van der Waals surface area contributed by atoms with Crippen LogP contribution in [0.4, 0.5) is 0 Å². The number of aliphatic hydroxyl groups excluding tert-OH is 1. The second-order valence-electron chi connectivity index (χ2n) is 4.50. The number of carbonyl (C=O) groups is 2. The minimum atomic E-state index is -0.869. The molecule has 1 aliphatic carbocycles. The van der Waals surface area contributed by atoms with E-state index in [2.05, 4.69) is 5.32 Å². The number of carbonyl (C=O) groups excluding carboxylic acids is 1. The molecule has 0 atom stereocenters. The summed E-state index contributed by atoms with van der Waals surface area (Å²) < 4.78 is 0. The van der Waals surface area contributed by atoms with Gasteiger partial charge in [-0.25, -0.2) is 0 Å². The molecule has 0 bridgehead atoms. The molecule has 0 aromatic heterocycles. The number of rotatable bonds is 8. The fourth-order valence-electron chi connectivity index (χ4n) is 1.70. The number of aliphatic carboxylic acids is 1. The maximum Gasteiger partial charge on any atom is 0.303 e. The van der Waals surface area contributed by atoms with Crippen LogP contribution in [-0.4, -0.2) is 35.2 Å². The average Bonchev–Trinajstić information content (AvgIpc) is 2.96. The third kappa shape index (κ3) is 4.61. The topological polar surface area (TPSA) is 86.6 Å². The SMILES string of the molecule is O=C(O)CCCC(=O)NCC1(CCO)CC1. The van der Waals surface area contributed by atoms with Crippen LogP contribution in [0.15, 0.2) is 0 Å². The van der Waals surface area contributed by atoms with E-state index in [1.165, 1.54) is 0 Å². The van der Waals surface area contributed by atoms with Crippen LogP contribution in [0.1, 0.15) is 38.5 Å². The van der Waals surface area contributed by atoms with E-state index in [1.807, 2.05) is 0 Å². The molecule has 0 heterocycles. The highest BCUT2D eigenvalue weighted by atomic mass is 16.4. The number of aliphatic hydroxyl groups is 1. The first-order valence-corrected chi connectivity index (χ1v) is 5.67. The zero-order chi connectivity index (χ0) is 12.0. The average molecular weight is 229 g/mol. The van der Waals surface area contributed by atoms with E-state index in [9.17, 15) is 9.59 Å². The number of hydrogen-bond donors (Lipinski definition) is 3. The standard InChI is InChI=1S/C11H19NO4/c13-7-6-11(4-5-11)8-12-9(14)2-1-3-10(15)16/h13H,1-8H2,(H,12,14)(H,15,16). The van der Waals surface area contributed by atoms with E-state index in [1.54, 1.807) is 0 Å². The van der Waals surface area contributed by atoms with Crippen LogP contribution in [0, 0.1) is 5.41 Å². The Balaban J connectivity index is 2.08. The van der Waals surface area contributed by atoms with Gasteiger partial charge in [0.15, 0.2) is 0 Å². The van der Waals surface area contributed by atoms with Crippen LogP contribution in [0.25, 0.3) is 0 Å². The molecule has 0 aliphatic heterocycles. The van der Waals surface area contributed by atoms with E-state index >= 15 is 0 Å². The minimum Gasteiger partial charge on any atom is -0.481 e. The van der Waals surface area contributed by atoms with Crippen molar-refractivity contribution in [3.05, 3.63) is 0 Å². The quantitative estimate of drug-likeness (QED) is 0.566. The number of amides is 1. The molecule has 5 heteroatoms. The van der Waals surface area contributed by atoms with Gasteiger partial charge in [0, 0.05) is 26.0 Å². The Morgan fingerprint density at radius 2 is 1.94 bits per heavy atom. The van der Waals surface area contributed by atoms with Crippen LogP contribution in [0.5, 0.6) is 0 Å². The van der Waals surface area contributed by atoms with Crippen molar-refractivity contribution in [3.8, 4) is 0 Å². The lowest BCUT2D eigenvalue weighted by atomic mass is 10.0. The summed E-state index contributed by atoms with van der Waals surface area (Å²) in [7, 11) is 0. The number of nitrogens with one attached hydrogen (secondary N) is 1. The molecule has 1 amide bonds. The highest BCUT2D eigenvalue weighted by molar-refractivity contribution is 5.76. The maximum absolute atomic E-state index is 11.3. The van der Waals surface area contributed by atoms with Crippen molar-refractivity contribution in [2.75, 3.05) is 13.2 Å². The smallest absolute Gasteiger partial charge is 0.303 e. The summed E-state index contributed by atoms with van der Waals surface area (Å²) in [6.45, 7) is 0.772. The second-order valence-corrected chi connectivity index (χ2v) is 4.50. The van der Waals surface area contributed by atoms with Gasteiger partial charge in [-0.05, 0) is 31.1 Å². The molecule has 0 saturated heterocycles. The largest absolute Gasteiger partial charge is 0.481 e. The Labute approximate surface area is 94.8 Å². The second kappa shape index (κ2) is 5.84. The van der Waals surface area contributed by atoms with Gasteiger partial charge in [0.25, 0.3) is 0 Å². The molecule has 1 saturated carbocycles. The Morgan fingerprint density at radius 1 is 1.25 bits per heavy atom. The molecule has 1 aliphatic rings. The number of carboxylic acid groups (broad SMARTS) is 1. The monoisotopic (exact) mass is 229 g/mol. The molecule has 1 fully saturated rings. The highest BCUT2D eigenvalue weighted by Crippen LogP contribution is 2.47. The molecule has 5 nitrogen and oxygen atoms in total. The Morgan fingerprint density at radius 3 is 2.44 bits per heavy atom. The van der Waals surface area contributed by atoms with Gasteiger partial charge >= 0.3 is 5.97 Å². The van der Waals surface area contributed by atoms with Gasteiger partial charge in [-0.15, -0.1) is 0 Å². The van der Waals surface area contributed by atoms with Gasteiger partial charge in [-0.3, -0.25) is 9.59 Å². The lowest BCUT2D eigenvalue weighted by Crippen LogP contribution is -2.30. The van der Waals surface area contributed by atoms with E-state index in [0.717, 1.165) is 19.3 Å². The van der Waals surface area contributed by atoms with Gasteiger partial charge in [-0.1, -0.05) is 0 Å². The van der Waals surface area contributed by atoms with Crippen molar-refractivity contribution in [2.24, 2.45) is 5.41 Å². The van der Waals surface area contributed by atoms with Crippen LogP contribution < -0.4 is 5.32 Å². The lowest BCUT2D eigenvalue weighted by Gasteiger charge is -2.14. The summed E-state index contributed by atoms with van der Waals surface area (Å²) >= 11 is 0. The molecule has 1 rings (SSSR count). The summed E-state index contributed by atoms with van der Waals surface area (Å²) in [6.07, 6.45) is 3.54. The van der Waals surface area contributed by atoms with Crippen LogP contribution in [0.3, 0.4) is 0 Å². The summed E-state index contributed by atoms with van der Waals surface area (Å²) in [5.41, 5.74) is 0.122. The predicted octanol–water partition coefficient (Wildman–Crippen LogP) is 0.520. The van der Waals surface area contributed by atoms with Gasteiger partial charge in [0.1, 0.15) is 0 Å². The molecule has 0 aromatic rings.